The summed E-state index contributed by atoms with van der Waals surface area (Å²) < 4.78 is 0. The van der Waals surface area contributed by atoms with Crippen molar-refractivity contribution in [2.75, 3.05) is 13.1 Å². The topological polar surface area (TPSA) is 73.2 Å². The van der Waals surface area contributed by atoms with E-state index in [-0.39, 0.29) is 24.3 Å². The third-order valence-electron chi connectivity index (χ3n) is 3.69. The number of benzene rings is 1. The van der Waals surface area contributed by atoms with E-state index in [9.17, 15) is 9.59 Å². The Morgan fingerprint density at radius 1 is 1.38 bits per heavy atom. The summed E-state index contributed by atoms with van der Waals surface area (Å²) in [6.45, 7) is 3.15. The molecule has 2 amide bonds. The highest BCUT2D eigenvalue weighted by molar-refractivity contribution is 5.94. The molecule has 1 N–H and O–H groups in total. The van der Waals surface area contributed by atoms with E-state index in [1.165, 1.54) is 0 Å². The van der Waals surface area contributed by atoms with Gasteiger partial charge < -0.3 is 10.2 Å². The molecule has 0 spiro atoms. The predicted octanol–water partition coefficient (Wildman–Crippen LogP) is 1.63. The molecule has 0 saturated carbocycles. The maximum Gasteiger partial charge on any atom is 0.251 e. The normalized spacial score (nSPS) is 15.3. The fourth-order valence-electron chi connectivity index (χ4n) is 2.51. The van der Waals surface area contributed by atoms with Crippen molar-refractivity contribution in [2.24, 2.45) is 0 Å². The van der Waals surface area contributed by atoms with E-state index in [2.05, 4.69) is 5.32 Å². The molecule has 1 aromatic rings. The third-order valence-corrected chi connectivity index (χ3v) is 3.69. The summed E-state index contributed by atoms with van der Waals surface area (Å²) in [4.78, 5) is 25.4. The van der Waals surface area contributed by atoms with Crippen LogP contribution in [0.5, 0.6) is 0 Å². The highest BCUT2D eigenvalue weighted by Gasteiger charge is 2.23. The van der Waals surface area contributed by atoms with Gasteiger partial charge in [-0.2, -0.15) is 5.26 Å². The number of carbonyl (C=O) groups is 2. The van der Waals surface area contributed by atoms with Gasteiger partial charge in [0.2, 0.25) is 5.91 Å². The minimum Gasteiger partial charge on any atom is -0.349 e. The lowest BCUT2D eigenvalue weighted by Gasteiger charge is -2.32. The molecule has 1 aliphatic heterocycles. The van der Waals surface area contributed by atoms with Crippen molar-refractivity contribution in [1.82, 2.24) is 10.2 Å². The van der Waals surface area contributed by atoms with Crippen LogP contribution in [0.1, 0.15) is 35.2 Å². The molecule has 21 heavy (non-hydrogen) atoms. The quantitative estimate of drug-likeness (QED) is 0.917. The van der Waals surface area contributed by atoms with Crippen LogP contribution in [-0.4, -0.2) is 35.8 Å². The number of piperidine rings is 1. The van der Waals surface area contributed by atoms with Crippen molar-refractivity contribution in [2.45, 2.75) is 32.2 Å². The Morgan fingerprint density at radius 3 is 2.71 bits per heavy atom. The first-order valence-electron chi connectivity index (χ1n) is 7.12. The Bertz CT molecular complexity index is 569. The van der Waals surface area contributed by atoms with E-state index in [1.54, 1.807) is 11.0 Å². The molecule has 0 bridgehead atoms. The van der Waals surface area contributed by atoms with Gasteiger partial charge in [0, 0.05) is 24.7 Å². The van der Waals surface area contributed by atoms with Crippen LogP contribution >= 0.6 is 0 Å². The molecule has 110 valence electrons. The largest absolute Gasteiger partial charge is 0.349 e. The number of nitrogens with zero attached hydrogens (tertiary/aromatic N) is 2. The molecule has 5 heteroatoms. The second-order valence-electron chi connectivity index (χ2n) is 5.33. The van der Waals surface area contributed by atoms with Gasteiger partial charge in [-0.15, -0.1) is 0 Å². The maximum atomic E-state index is 12.1. The molecule has 1 aliphatic rings. The number of nitriles is 1. The van der Waals surface area contributed by atoms with Crippen LogP contribution in [0.3, 0.4) is 0 Å². The molecule has 1 aromatic carbocycles. The van der Waals surface area contributed by atoms with E-state index in [0.29, 0.717) is 18.7 Å². The van der Waals surface area contributed by atoms with Crippen LogP contribution in [0.15, 0.2) is 24.3 Å². The summed E-state index contributed by atoms with van der Waals surface area (Å²) in [6, 6.07) is 9.45. The van der Waals surface area contributed by atoms with Crippen LogP contribution in [0.2, 0.25) is 0 Å². The van der Waals surface area contributed by atoms with Crippen LogP contribution in [0, 0.1) is 18.3 Å². The fraction of sp³-hybridized carbons (Fsp3) is 0.438. The first-order valence-corrected chi connectivity index (χ1v) is 7.12. The van der Waals surface area contributed by atoms with Gasteiger partial charge in [0.25, 0.3) is 5.91 Å². The SMILES string of the molecule is Cc1cccc(C(=O)NC2CCN(C(=O)CC#N)CC2)c1. The van der Waals surface area contributed by atoms with Crippen molar-refractivity contribution in [3.63, 3.8) is 0 Å². The minimum absolute atomic E-state index is 0.0690. The van der Waals surface area contributed by atoms with Gasteiger partial charge in [0.15, 0.2) is 0 Å². The zero-order valence-electron chi connectivity index (χ0n) is 12.1. The van der Waals surface area contributed by atoms with E-state index < -0.39 is 0 Å². The van der Waals surface area contributed by atoms with Gasteiger partial charge in [-0.1, -0.05) is 17.7 Å². The molecular formula is C16H19N3O2. The van der Waals surface area contributed by atoms with Crippen molar-refractivity contribution in [1.29, 1.82) is 5.26 Å². The van der Waals surface area contributed by atoms with E-state index in [1.807, 2.05) is 31.2 Å². The number of likely N-dealkylation sites (tertiary alicyclic amines) is 1. The molecule has 0 aliphatic carbocycles. The van der Waals surface area contributed by atoms with Crippen molar-refractivity contribution in [3.05, 3.63) is 35.4 Å². The first kappa shape index (κ1) is 15.0. The number of amides is 2. The number of carbonyl (C=O) groups excluding carboxylic acids is 2. The lowest BCUT2D eigenvalue weighted by Crippen LogP contribution is -2.46. The molecular weight excluding hydrogens is 266 g/mol. The Balaban J connectivity index is 1.85. The molecule has 0 unspecified atom stereocenters. The van der Waals surface area contributed by atoms with Crippen LogP contribution < -0.4 is 5.32 Å². The molecule has 1 saturated heterocycles. The summed E-state index contributed by atoms with van der Waals surface area (Å²) >= 11 is 0. The Morgan fingerprint density at radius 2 is 2.10 bits per heavy atom. The number of aryl methyl sites for hydroxylation is 1. The molecule has 1 fully saturated rings. The molecule has 0 aromatic heterocycles. The molecule has 5 nitrogen and oxygen atoms in total. The second-order valence-corrected chi connectivity index (χ2v) is 5.33. The van der Waals surface area contributed by atoms with E-state index in [0.717, 1.165) is 18.4 Å². The Hall–Kier alpha value is -2.35. The summed E-state index contributed by atoms with van der Waals surface area (Å²) in [5.41, 5.74) is 1.72. The van der Waals surface area contributed by atoms with E-state index >= 15 is 0 Å². The van der Waals surface area contributed by atoms with E-state index in [4.69, 9.17) is 5.26 Å². The van der Waals surface area contributed by atoms with Crippen LogP contribution in [-0.2, 0) is 4.79 Å². The van der Waals surface area contributed by atoms with Crippen molar-refractivity contribution >= 4 is 11.8 Å². The first-order chi connectivity index (χ1) is 10.1. The molecule has 0 atom stereocenters. The third kappa shape index (κ3) is 4.06. The lowest BCUT2D eigenvalue weighted by molar-refractivity contribution is -0.131. The molecule has 2 rings (SSSR count). The van der Waals surface area contributed by atoms with Crippen LogP contribution in [0.25, 0.3) is 0 Å². The molecule has 1 heterocycles. The average Bonchev–Trinajstić information content (AvgIpc) is 2.48. The highest BCUT2D eigenvalue weighted by Crippen LogP contribution is 2.12. The minimum atomic E-state index is -0.124. The van der Waals surface area contributed by atoms with Gasteiger partial charge in [-0.25, -0.2) is 0 Å². The number of hydrogen-bond acceptors (Lipinski definition) is 3. The lowest BCUT2D eigenvalue weighted by atomic mass is 10.0. The van der Waals surface area contributed by atoms with Gasteiger partial charge in [-0.05, 0) is 31.9 Å². The number of rotatable bonds is 3. The summed E-state index contributed by atoms with van der Waals surface area (Å²) in [7, 11) is 0. The van der Waals surface area contributed by atoms with Gasteiger partial charge >= 0.3 is 0 Å². The number of nitrogens with one attached hydrogen (secondary N) is 1. The van der Waals surface area contributed by atoms with Gasteiger partial charge in [-0.3, -0.25) is 9.59 Å². The maximum absolute atomic E-state index is 12.1. The predicted molar refractivity (Wildman–Crippen MR) is 78.5 cm³/mol. The fourth-order valence-corrected chi connectivity index (χ4v) is 2.51. The molecule has 0 radical (unpaired) electrons. The standard InChI is InChI=1S/C16H19N3O2/c1-12-3-2-4-13(11-12)16(21)18-14-6-9-19(10-7-14)15(20)5-8-17/h2-4,11,14H,5-7,9-10H2,1H3,(H,18,21). The zero-order chi connectivity index (χ0) is 15.2. The zero-order valence-corrected chi connectivity index (χ0v) is 12.1. The smallest absolute Gasteiger partial charge is 0.251 e. The Kier molecular flexibility index (Phi) is 4.94. The summed E-state index contributed by atoms with van der Waals surface area (Å²) in [5.74, 6) is -0.193. The van der Waals surface area contributed by atoms with Crippen LogP contribution in [0.4, 0.5) is 0 Å². The average molecular weight is 285 g/mol. The highest BCUT2D eigenvalue weighted by atomic mass is 16.2. The van der Waals surface area contributed by atoms with Crippen molar-refractivity contribution < 1.29 is 9.59 Å². The number of hydrogen-bond donors (Lipinski definition) is 1. The summed E-state index contributed by atoms with van der Waals surface area (Å²) in [6.07, 6.45) is 1.39. The van der Waals surface area contributed by atoms with Crippen molar-refractivity contribution in [3.8, 4) is 6.07 Å². The monoisotopic (exact) mass is 285 g/mol. The van der Waals surface area contributed by atoms with Gasteiger partial charge in [0.05, 0.1) is 6.07 Å². The Labute approximate surface area is 124 Å². The summed E-state index contributed by atoms with van der Waals surface area (Å²) in [5, 5.41) is 11.5. The van der Waals surface area contributed by atoms with Gasteiger partial charge in [0.1, 0.15) is 6.42 Å². The second kappa shape index (κ2) is 6.89.